The molecule has 1 amide bonds. The summed E-state index contributed by atoms with van der Waals surface area (Å²) in [7, 11) is 1.51. The minimum Gasteiger partial charge on any atom is -0.493 e. The molecule has 1 aromatic carbocycles. The van der Waals surface area contributed by atoms with Gasteiger partial charge in [0.1, 0.15) is 6.54 Å². The molecule has 0 aliphatic carbocycles. The van der Waals surface area contributed by atoms with E-state index in [0.29, 0.717) is 30.2 Å². The van der Waals surface area contributed by atoms with E-state index >= 15 is 0 Å². The first-order valence-electron chi connectivity index (χ1n) is 8.20. The highest BCUT2D eigenvalue weighted by Gasteiger charge is 2.21. The Hall–Kier alpha value is -2.24. The van der Waals surface area contributed by atoms with Gasteiger partial charge in [-0.3, -0.25) is 9.59 Å². The van der Waals surface area contributed by atoms with Gasteiger partial charge in [0.2, 0.25) is 0 Å². The molecular formula is C18H27NO5. The number of hydrogen-bond acceptors (Lipinski definition) is 4. The summed E-state index contributed by atoms with van der Waals surface area (Å²) in [4.78, 5) is 25.0. The van der Waals surface area contributed by atoms with Crippen LogP contribution in [0.5, 0.6) is 11.5 Å². The first kappa shape index (κ1) is 19.8. The number of unbranched alkanes of at least 4 members (excludes halogenated alkanes) is 1. The third-order valence-electron chi connectivity index (χ3n) is 3.36. The van der Waals surface area contributed by atoms with Crippen LogP contribution in [0.2, 0.25) is 0 Å². The van der Waals surface area contributed by atoms with E-state index in [4.69, 9.17) is 14.6 Å². The zero-order valence-electron chi connectivity index (χ0n) is 14.9. The van der Waals surface area contributed by atoms with Crippen LogP contribution in [0.25, 0.3) is 0 Å². The molecule has 0 aromatic heterocycles. The molecule has 0 heterocycles. The molecule has 0 radical (unpaired) electrons. The number of carboxylic acid groups (broad SMARTS) is 1. The highest BCUT2D eigenvalue weighted by molar-refractivity contribution is 5.96. The van der Waals surface area contributed by atoms with Crippen molar-refractivity contribution >= 4 is 11.9 Å². The lowest BCUT2D eigenvalue weighted by Crippen LogP contribution is -2.38. The fourth-order valence-electron chi connectivity index (χ4n) is 2.25. The lowest BCUT2D eigenvalue weighted by Gasteiger charge is -2.23. The van der Waals surface area contributed by atoms with Gasteiger partial charge in [-0.2, -0.15) is 0 Å². The normalized spacial score (nSPS) is 10.5. The van der Waals surface area contributed by atoms with E-state index in [9.17, 15) is 9.59 Å². The number of benzene rings is 1. The number of carbonyl (C=O) groups excluding carboxylic acids is 1. The molecule has 1 N–H and O–H groups in total. The lowest BCUT2D eigenvalue weighted by atomic mass is 10.1. The van der Waals surface area contributed by atoms with Crippen molar-refractivity contribution in [3.8, 4) is 11.5 Å². The van der Waals surface area contributed by atoms with Gasteiger partial charge in [-0.15, -0.1) is 0 Å². The van der Waals surface area contributed by atoms with Gasteiger partial charge in [-0.1, -0.05) is 27.2 Å². The average molecular weight is 337 g/mol. The molecule has 1 rings (SSSR count). The summed E-state index contributed by atoms with van der Waals surface area (Å²) in [6, 6.07) is 4.93. The molecule has 1 aromatic rings. The number of nitrogens with zero attached hydrogens (tertiary/aromatic N) is 1. The molecule has 24 heavy (non-hydrogen) atoms. The molecule has 0 aliphatic heterocycles. The van der Waals surface area contributed by atoms with Gasteiger partial charge in [0.25, 0.3) is 5.91 Å². The summed E-state index contributed by atoms with van der Waals surface area (Å²) < 4.78 is 10.9. The fraction of sp³-hybridized carbons (Fsp3) is 0.556. The van der Waals surface area contributed by atoms with E-state index in [0.717, 1.165) is 12.8 Å². The summed E-state index contributed by atoms with van der Waals surface area (Å²) in [5.74, 6) is -0.139. The number of carboxylic acids is 1. The molecule has 0 fully saturated rings. The van der Waals surface area contributed by atoms with Crippen LogP contribution in [0, 0.1) is 5.92 Å². The van der Waals surface area contributed by atoms with Crippen LogP contribution < -0.4 is 9.47 Å². The lowest BCUT2D eigenvalue weighted by molar-refractivity contribution is -0.137. The zero-order valence-corrected chi connectivity index (χ0v) is 14.9. The minimum absolute atomic E-state index is 0.173. The Bertz CT molecular complexity index is 556. The van der Waals surface area contributed by atoms with Crippen molar-refractivity contribution in [1.29, 1.82) is 0 Å². The predicted octanol–water partition coefficient (Wildman–Crippen LogP) is 3.06. The van der Waals surface area contributed by atoms with Gasteiger partial charge >= 0.3 is 5.97 Å². The predicted molar refractivity (Wildman–Crippen MR) is 91.8 cm³/mol. The Balaban J connectivity index is 2.97. The molecule has 6 nitrogen and oxygen atoms in total. The maximum absolute atomic E-state index is 12.6. The molecular weight excluding hydrogens is 310 g/mol. The van der Waals surface area contributed by atoms with E-state index < -0.39 is 5.97 Å². The molecule has 0 unspecified atom stereocenters. The van der Waals surface area contributed by atoms with Crippen molar-refractivity contribution in [2.24, 2.45) is 5.92 Å². The molecule has 0 bridgehead atoms. The topological polar surface area (TPSA) is 76.1 Å². The van der Waals surface area contributed by atoms with Crippen LogP contribution in [0.15, 0.2) is 18.2 Å². The molecule has 0 spiro atoms. The van der Waals surface area contributed by atoms with Gasteiger partial charge in [0, 0.05) is 12.1 Å². The Labute approximate surface area is 143 Å². The molecule has 6 heteroatoms. The second kappa shape index (κ2) is 9.80. The van der Waals surface area contributed by atoms with Gasteiger partial charge in [-0.05, 0) is 30.5 Å². The molecule has 134 valence electrons. The van der Waals surface area contributed by atoms with E-state index in [1.807, 2.05) is 13.8 Å². The van der Waals surface area contributed by atoms with Crippen LogP contribution >= 0.6 is 0 Å². The number of methoxy groups -OCH3 is 1. The Morgan fingerprint density at radius 3 is 2.50 bits per heavy atom. The zero-order chi connectivity index (χ0) is 18.1. The van der Waals surface area contributed by atoms with Crippen molar-refractivity contribution in [3.63, 3.8) is 0 Å². The van der Waals surface area contributed by atoms with Gasteiger partial charge < -0.3 is 19.5 Å². The van der Waals surface area contributed by atoms with E-state index in [2.05, 4.69) is 6.92 Å². The summed E-state index contributed by atoms with van der Waals surface area (Å²) in [5.41, 5.74) is 0.386. The van der Waals surface area contributed by atoms with Crippen molar-refractivity contribution in [3.05, 3.63) is 23.8 Å². The van der Waals surface area contributed by atoms with E-state index in [1.165, 1.54) is 12.0 Å². The summed E-state index contributed by atoms with van der Waals surface area (Å²) in [6.07, 6.45) is 1.96. The van der Waals surface area contributed by atoms with Crippen LogP contribution in [-0.4, -0.2) is 48.7 Å². The second-order valence-corrected chi connectivity index (χ2v) is 6.04. The fourth-order valence-corrected chi connectivity index (χ4v) is 2.25. The SMILES string of the molecule is CCCCOc1ccc(C(=O)N(CC(=O)O)CC(C)C)cc1OC. The molecule has 0 saturated carbocycles. The summed E-state index contributed by atoms with van der Waals surface area (Å²) in [5, 5.41) is 9.02. The average Bonchev–Trinajstić information content (AvgIpc) is 2.53. The minimum atomic E-state index is -1.03. The number of carbonyl (C=O) groups is 2. The number of hydrogen-bond donors (Lipinski definition) is 1. The summed E-state index contributed by atoms with van der Waals surface area (Å²) >= 11 is 0. The van der Waals surface area contributed by atoms with E-state index in [-0.39, 0.29) is 18.4 Å². The third-order valence-corrected chi connectivity index (χ3v) is 3.36. The van der Waals surface area contributed by atoms with Crippen LogP contribution in [-0.2, 0) is 4.79 Å². The van der Waals surface area contributed by atoms with Crippen LogP contribution in [0.1, 0.15) is 44.0 Å². The Morgan fingerprint density at radius 1 is 1.25 bits per heavy atom. The largest absolute Gasteiger partial charge is 0.493 e. The Kier molecular flexibility index (Phi) is 8.09. The first-order valence-corrected chi connectivity index (χ1v) is 8.20. The monoisotopic (exact) mass is 337 g/mol. The number of aliphatic carboxylic acids is 1. The van der Waals surface area contributed by atoms with Crippen molar-refractivity contribution in [2.45, 2.75) is 33.6 Å². The highest BCUT2D eigenvalue weighted by atomic mass is 16.5. The molecule has 0 aliphatic rings. The van der Waals surface area contributed by atoms with E-state index in [1.54, 1.807) is 18.2 Å². The molecule has 0 saturated heterocycles. The van der Waals surface area contributed by atoms with Gasteiger partial charge in [0.05, 0.1) is 13.7 Å². The maximum atomic E-state index is 12.6. The van der Waals surface area contributed by atoms with Crippen LogP contribution in [0.4, 0.5) is 0 Å². The number of ether oxygens (including phenoxy) is 2. The first-order chi connectivity index (χ1) is 11.4. The number of amides is 1. The smallest absolute Gasteiger partial charge is 0.323 e. The Morgan fingerprint density at radius 2 is 1.96 bits per heavy atom. The molecule has 0 atom stereocenters. The van der Waals surface area contributed by atoms with Crippen molar-refractivity contribution in [2.75, 3.05) is 26.8 Å². The van der Waals surface area contributed by atoms with Crippen molar-refractivity contribution in [1.82, 2.24) is 4.90 Å². The van der Waals surface area contributed by atoms with Gasteiger partial charge in [-0.25, -0.2) is 0 Å². The van der Waals surface area contributed by atoms with Crippen LogP contribution in [0.3, 0.4) is 0 Å². The quantitative estimate of drug-likeness (QED) is 0.664. The highest BCUT2D eigenvalue weighted by Crippen LogP contribution is 2.29. The summed E-state index contributed by atoms with van der Waals surface area (Å²) in [6.45, 7) is 6.59. The standard InChI is InChI=1S/C18H27NO5/c1-5-6-9-24-15-8-7-14(10-16(15)23-4)18(22)19(11-13(2)3)12-17(20)21/h7-8,10,13H,5-6,9,11-12H2,1-4H3,(H,20,21). The second-order valence-electron chi connectivity index (χ2n) is 6.04. The maximum Gasteiger partial charge on any atom is 0.323 e. The van der Waals surface area contributed by atoms with Gasteiger partial charge in [0.15, 0.2) is 11.5 Å². The third kappa shape index (κ3) is 6.10. The van der Waals surface area contributed by atoms with Crippen molar-refractivity contribution < 1.29 is 24.2 Å². The number of rotatable bonds is 10.